The molecule has 3 aliphatic rings. The summed E-state index contributed by atoms with van der Waals surface area (Å²) in [5, 5.41) is 11.1. The van der Waals surface area contributed by atoms with Crippen LogP contribution in [0.3, 0.4) is 0 Å². The van der Waals surface area contributed by atoms with Gasteiger partial charge < -0.3 is 45.1 Å². The lowest BCUT2D eigenvalue weighted by atomic mass is 10.0. The molecule has 3 aromatic carbocycles. The number of nitrogens with one attached hydrogen (secondary N) is 4. The van der Waals surface area contributed by atoms with E-state index < -0.39 is 29.8 Å². The molecule has 288 valence electrons. The van der Waals surface area contributed by atoms with E-state index in [0.717, 1.165) is 16.9 Å². The first-order chi connectivity index (χ1) is 26.1. The Morgan fingerprint density at radius 1 is 0.815 bits per heavy atom. The van der Waals surface area contributed by atoms with Gasteiger partial charge in [-0.15, -0.1) is 0 Å². The first-order valence-electron chi connectivity index (χ1n) is 17.9. The topological polar surface area (TPSA) is 177 Å². The van der Waals surface area contributed by atoms with E-state index in [1.807, 2.05) is 59.5 Å². The molecule has 0 radical (unpaired) electrons. The van der Waals surface area contributed by atoms with E-state index in [1.54, 1.807) is 0 Å². The Hall–Kier alpha value is -5.83. The molecule has 0 aromatic heterocycles. The van der Waals surface area contributed by atoms with Crippen LogP contribution < -0.4 is 40.2 Å². The second-order valence-corrected chi connectivity index (χ2v) is 13.0. The molecule has 3 aromatic rings. The smallest absolute Gasteiger partial charge is 0.252 e. The average Bonchev–Trinajstić information content (AvgIpc) is 3.38. The van der Waals surface area contributed by atoms with Gasteiger partial charge in [0.05, 0.1) is 33.9 Å². The summed E-state index contributed by atoms with van der Waals surface area (Å²) in [6.45, 7) is 3.20. The fourth-order valence-corrected chi connectivity index (χ4v) is 6.09. The van der Waals surface area contributed by atoms with Gasteiger partial charge in [-0.25, -0.2) is 0 Å². The van der Waals surface area contributed by atoms with Crippen LogP contribution in [0.1, 0.15) is 34.8 Å². The van der Waals surface area contributed by atoms with Crippen molar-refractivity contribution >= 4 is 29.5 Å². The first-order valence-corrected chi connectivity index (χ1v) is 17.9. The van der Waals surface area contributed by atoms with Crippen LogP contribution in [0.15, 0.2) is 66.7 Å². The van der Waals surface area contributed by atoms with E-state index in [1.165, 1.54) is 38.2 Å². The lowest BCUT2D eigenvalue weighted by Gasteiger charge is -2.27. The van der Waals surface area contributed by atoms with Crippen LogP contribution in [-0.4, -0.2) is 118 Å². The minimum absolute atomic E-state index is 0.0182. The van der Waals surface area contributed by atoms with Crippen LogP contribution in [0.4, 0.5) is 0 Å². The number of carbonyl (C=O) groups excluding carboxylic acids is 5. The average molecular weight is 745 g/mol. The first kappa shape index (κ1) is 39.4. The number of hydrogen-bond donors (Lipinski definition) is 4. The Balaban J connectivity index is 1.36. The molecule has 0 saturated carbocycles. The molecular formula is C39H48N6O9. The van der Waals surface area contributed by atoms with Crippen LogP contribution in [0.25, 0.3) is 0 Å². The zero-order valence-electron chi connectivity index (χ0n) is 30.9. The SMILES string of the molecule is COc1cc2cc(OC)c1OCCCNC(=O)CN(C(=O)CN1CCOc3ccccc3C1)CCNC(=O)[C@@H](Cc1ccccc1)NC(=O)[C@H](C)NC2=O. The number of benzene rings is 3. The molecule has 0 unspecified atom stereocenters. The molecule has 4 N–H and O–H groups in total. The summed E-state index contributed by atoms with van der Waals surface area (Å²) in [4.78, 5) is 70.7. The standard InChI is InChI=1S/C39H48N6O9/c1-26-37(48)43-30(20-27-10-5-4-6-11-27)39(50)41-15-16-45(35(47)25-44-17-19-53-31-13-8-7-12-28(31)23-44)24-34(46)40-14-9-18-54-36-32(51-2)21-29(38(49)42-26)22-33(36)52-3/h4-8,10-13,21-22,26,30H,9,14-20,23-25H2,1-3H3,(H,40,46)(H,41,50)(H,42,49)(H,43,48)/t26-,30+/m0/s1. The van der Waals surface area contributed by atoms with E-state index in [0.29, 0.717) is 26.1 Å². The molecule has 0 saturated heterocycles. The third-order valence-corrected chi connectivity index (χ3v) is 9.03. The van der Waals surface area contributed by atoms with Crippen molar-refractivity contribution in [1.29, 1.82) is 0 Å². The minimum atomic E-state index is -1.03. The van der Waals surface area contributed by atoms with Crippen LogP contribution in [0, 0.1) is 0 Å². The van der Waals surface area contributed by atoms with E-state index in [2.05, 4.69) is 21.3 Å². The lowest BCUT2D eigenvalue weighted by molar-refractivity contribution is -0.137. The Morgan fingerprint density at radius 3 is 2.28 bits per heavy atom. The van der Waals surface area contributed by atoms with Crippen molar-refractivity contribution in [3.05, 3.63) is 83.4 Å². The number of hydrogen-bond acceptors (Lipinski definition) is 10. The van der Waals surface area contributed by atoms with Crippen LogP contribution in [-0.2, 0) is 32.1 Å². The zero-order chi connectivity index (χ0) is 38.5. The van der Waals surface area contributed by atoms with Crippen molar-refractivity contribution in [1.82, 2.24) is 31.1 Å². The van der Waals surface area contributed by atoms with Crippen molar-refractivity contribution in [3.8, 4) is 23.0 Å². The van der Waals surface area contributed by atoms with Crippen molar-refractivity contribution in [3.63, 3.8) is 0 Å². The second kappa shape index (κ2) is 19.3. The van der Waals surface area contributed by atoms with E-state index >= 15 is 0 Å². The Labute approximate surface area is 314 Å². The molecule has 54 heavy (non-hydrogen) atoms. The summed E-state index contributed by atoms with van der Waals surface area (Å²) in [5.74, 6) is -0.816. The number of amides is 5. The largest absolute Gasteiger partial charge is 0.493 e. The summed E-state index contributed by atoms with van der Waals surface area (Å²) in [5.41, 5.74) is 1.92. The van der Waals surface area contributed by atoms with E-state index in [-0.39, 0.29) is 80.4 Å². The van der Waals surface area contributed by atoms with Crippen LogP contribution >= 0.6 is 0 Å². The van der Waals surface area contributed by atoms with Gasteiger partial charge in [-0.3, -0.25) is 28.9 Å². The van der Waals surface area contributed by atoms with Crippen molar-refractivity contribution < 1.29 is 42.9 Å². The maximum Gasteiger partial charge on any atom is 0.252 e. The number of rotatable bonds is 6. The Morgan fingerprint density at radius 2 is 1.54 bits per heavy atom. The lowest BCUT2D eigenvalue weighted by Crippen LogP contribution is -2.54. The summed E-state index contributed by atoms with van der Waals surface area (Å²) >= 11 is 0. The van der Waals surface area contributed by atoms with E-state index in [9.17, 15) is 24.0 Å². The molecular weight excluding hydrogens is 696 g/mol. The second-order valence-electron chi connectivity index (χ2n) is 13.0. The summed E-state index contributed by atoms with van der Waals surface area (Å²) in [6, 6.07) is 17.7. The highest BCUT2D eigenvalue weighted by molar-refractivity contribution is 5.99. The highest BCUT2D eigenvalue weighted by Gasteiger charge is 2.27. The highest BCUT2D eigenvalue weighted by Crippen LogP contribution is 2.38. The third kappa shape index (κ3) is 10.9. The van der Waals surface area contributed by atoms with Gasteiger partial charge in [0.25, 0.3) is 5.91 Å². The Bertz CT molecular complexity index is 1760. The highest BCUT2D eigenvalue weighted by atomic mass is 16.5. The van der Waals surface area contributed by atoms with Gasteiger partial charge in [0.15, 0.2) is 11.5 Å². The fraction of sp³-hybridized carbons (Fsp3) is 0.410. The van der Waals surface area contributed by atoms with Crippen molar-refractivity contribution in [2.45, 2.75) is 38.4 Å². The molecule has 3 heterocycles. The number of nitrogens with zero attached hydrogens (tertiary/aromatic N) is 2. The van der Waals surface area contributed by atoms with E-state index in [4.69, 9.17) is 18.9 Å². The molecule has 2 bridgehead atoms. The normalized spacial score (nSPS) is 19.5. The number of ether oxygens (including phenoxy) is 4. The number of carbonyl (C=O) groups is 5. The molecule has 0 spiro atoms. The summed E-state index contributed by atoms with van der Waals surface area (Å²) in [6.07, 6.45) is 0.575. The van der Waals surface area contributed by atoms with Crippen LogP contribution in [0.2, 0.25) is 0 Å². The molecule has 3 aliphatic heterocycles. The fourth-order valence-electron chi connectivity index (χ4n) is 6.09. The molecule has 0 aliphatic carbocycles. The number of methoxy groups -OCH3 is 2. The summed E-state index contributed by atoms with van der Waals surface area (Å²) in [7, 11) is 2.85. The maximum atomic E-state index is 13.8. The van der Waals surface area contributed by atoms with Gasteiger partial charge >= 0.3 is 0 Å². The van der Waals surface area contributed by atoms with Gasteiger partial charge in [-0.2, -0.15) is 0 Å². The van der Waals surface area contributed by atoms with Gasteiger partial charge in [0.1, 0.15) is 24.4 Å². The third-order valence-electron chi connectivity index (χ3n) is 9.03. The number of fused-ring (bicyclic) bond motifs is 20. The molecule has 15 nitrogen and oxygen atoms in total. The molecule has 2 atom stereocenters. The minimum Gasteiger partial charge on any atom is -0.493 e. The maximum absolute atomic E-state index is 13.8. The predicted molar refractivity (Wildman–Crippen MR) is 198 cm³/mol. The molecule has 15 heteroatoms. The zero-order valence-corrected chi connectivity index (χ0v) is 30.9. The quantitative estimate of drug-likeness (QED) is 0.269. The molecule has 6 rings (SSSR count). The predicted octanol–water partition coefficient (Wildman–Crippen LogP) is 1.29. The van der Waals surface area contributed by atoms with Gasteiger partial charge in [-0.05, 0) is 37.1 Å². The molecule has 0 fully saturated rings. The van der Waals surface area contributed by atoms with Gasteiger partial charge in [-0.1, -0.05) is 48.5 Å². The Kier molecular flexibility index (Phi) is 14.1. The van der Waals surface area contributed by atoms with Crippen molar-refractivity contribution in [2.24, 2.45) is 0 Å². The monoisotopic (exact) mass is 744 g/mol. The summed E-state index contributed by atoms with van der Waals surface area (Å²) < 4.78 is 22.8. The van der Waals surface area contributed by atoms with Gasteiger partial charge in [0.2, 0.25) is 29.4 Å². The number of para-hydroxylation sites is 1. The van der Waals surface area contributed by atoms with Crippen LogP contribution in [0.5, 0.6) is 23.0 Å². The molecule has 5 amide bonds. The van der Waals surface area contributed by atoms with Crippen molar-refractivity contribution in [2.75, 3.05) is 66.7 Å². The van der Waals surface area contributed by atoms with Gasteiger partial charge in [0, 0.05) is 50.3 Å².